The lowest BCUT2D eigenvalue weighted by Crippen LogP contribution is -2.31. The summed E-state index contributed by atoms with van der Waals surface area (Å²) in [4.78, 5) is 11.8. The van der Waals surface area contributed by atoms with Crippen molar-refractivity contribution in [1.29, 1.82) is 0 Å². The summed E-state index contributed by atoms with van der Waals surface area (Å²) < 4.78 is 5.40. The van der Waals surface area contributed by atoms with E-state index >= 15 is 0 Å². The predicted molar refractivity (Wildman–Crippen MR) is 94.2 cm³/mol. The van der Waals surface area contributed by atoms with Crippen LogP contribution in [-0.4, -0.2) is 12.8 Å². The lowest BCUT2D eigenvalue weighted by Gasteiger charge is -2.10. The smallest absolute Gasteiger partial charge is 0.321 e. The average Bonchev–Trinajstić information content (AvgIpc) is 2.56. The summed E-state index contributed by atoms with van der Waals surface area (Å²) >= 11 is 5.79. The van der Waals surface area contributed by atoms with Crippen molar-refractivity contribution in [1.82, 2.24) is 5.32 Å². The standard InChI is InChI=1S/C18H21ClN2O2/c1-2-3-4-14-5-9-16(10-6-14)21-18(22)20-13-23-17-11-7-15(19)8-12-17/h5-12H,2-4,13H2,1H3,(H2,20,21,22). The molecule has 0 atom stereocenters. The monoisotopic (exact) mass is 332 g/mol. The molecular formula is C18H21ClN2O2. The number of anilines is 1. The van der Waals surface area contributed by atoms with Crippen molar-refractivity contribution in [2.45, 2.75) is 26.2 Å². The van der Waals surface area contributed by atoms with Gasteiger partial charge >= 0.3 is 6.03 Å². The molecule has 0 aliphatic rings. The Morgan fingerprint density at radius 2 is 1.78 bits per heavy atom. The SMILES string of the molecule is CCCCc1ccc(NC(=O)NCOc2ccc(Cl)cc2)cc1. The van der Waals surface area contributed by atoms with Crippen LogP contribution in [0, 0.1) is 0 Å². The van der Waals surface area contributed by atoms with Crippen LogP contribution in [0.2, 0.25) is 5.02 Å². The molecule has 122 valence electrons. The van der Waals surface area contributed by atoms with E-state index in [1.54, 1.807) is 24.3 Å². The first-order valence-electron chi connectivity index (χ1n) is 7.69. The number of nitrogens with one attached hydrogen (secondary N) is 2. The van der Waals surface area contributed by atoms with E-state index in [9.17, 15) is 4.79 Å². The average molecular weight is 333 g/mol. The molecule has 0 saturated heterocycles. The Kier molecular flexibility index (Phi) is 6.76. The lowest BCUT2D eigenvalue weighted by molar-refractivity contribution is 0.234. The van der Waals surface area contributed by atoms with E-state index in [-0.39, 0.29) is 12.8 Å². The number of aryl methyl sites for hydroxylation is 1. The Labute approximate surface area is 141 Å². The van der Waals surface area contributed by atoms with Gasteiger partial charge < -0.3 is 15.4 Å². The van der Waals surface area contributed by atoms with Crippen molar-refractivity contribution in [3.05, 3.63) is 59.1 Å². The molecule has 2 aromatic carbocycles. The minimum atomic E-state index is -0.305. The first-order valence-corrected chi connectivity index (χ1v) is 8.07. The normalized spacial score (nSPS) is 10.2. The van der Waals surface area contributed by atoms with Gasteiger partial charge in [0, 0.05) is 10.7 Å². The van der Waals surface area contributed by atoms with Crippen LogP contribution in [0.25, 0.3) is 0 Å². The van der Waals surface area contributed by atoms with Gasteiger partial charge in [-0.05, 0) is 54.8 Å². The predicted octanol–water partition coefficient (Wildman–Crippen LogP) is 4.84. The molecule has 0 fully saturated rings. The molecule has 0 bridgehead atoms. The van der Waals surface area contributed by atoms with Crippen molar-refractivity contribution >= 4 is 23.3 Å². The van der Waals surface area contributed by atoms with Gasteiger partial charge in [-0.2, -0.15) is 0 Å². The lowest BCUT2D eigenvalue weighted by atomic mass is 10.1. The third-order valence-corrected chi connectivity index (χ3v) is 3.57. The second kappa shape index (κ2) is 9.06. The first kappa shape index (κ1) is 17.2. The molecule has 0 unspecified atom stereocenters. The van der Waals surface area contributed by atoms with Gasteiger partial charge in [0.1, 0.15) is 5.75 Å². The number of hydrogen-bond acceptors (Lipinski definition) is 2. The van der Waals surface area contributed by atoms with Crippen LogP contribution in [0.4, 0.5) is 10.5 Å². The molecule has 0 aromatic heterocycles. The van der Waals surface area contributed by atoms with Gasteiger partial charge in [0.05, 0.1) is 0 Å². The zero-order chi connectivity index (χ0) is 16.5. The van der Waals surface area contributed by atoms with Crippen molar-refractivity contribution in [3.63, 3.8) is 0 Å². The maximum atomic E-state index is 11.8. The number of carbonyl (C=O) groups excluding carboxylic acids is 1. The van der Waals surface area contributed by atoms with E-state index < -0.39 is 0 Å². The van der Waals surface area contributed by atoms with E-state index in [4.69, 9.17) is 16.3 Å². The number of urea groups is 1. The van der Waals surface area contributed by atoms with Crippen LogP contribution in [0.5, 0.6) is 5.75 Å². The van der Waals surface area contributed by atoms with E-state index in [0.29, 0.717) is 10.8 Å². The highest BCUT2D eigenvalue weighted by Gasteiger charge is 2.02. The topological polar surface area (TPSA) is 50.4 Å². The van der Waals surface area contributed by atoms with Gasteiger partial charge in [0.2, 0.25) is 0 Å². The van der Waals surface area contributed by atoms with Gasteiger partial charge in [-0.3, -0.25) is 0 Å². The van der Waals surface area contributed by atoms with E-state index in [2.05, 4.69) is 17.6 Å². The second-order valence-corrected chi connectivity index (χ2v) is 5.61. The number of unbranched alkanes of at least 4 members (excludes halogenated alkanes) is 1. The molecule has 2 aromatic rings. The maximum Gasteiger partial charge on any atom is 0.321 e. The summed E-state index contributed by atoms with van der Waals surface area (Å²) in [6, 6.07) is 14.5. The van der Waals surface area contributed by atoms with Gasteiger partial charge in [-0.15, -0.1) is 0 Å². The quantitative estimate of drug-likeness (QED) is 0.713. The molecule has 2 amide bonds. The van der Waals surface area contributed by atoms with Crippen molar-refractivity contribution in [3.8, 4) is 5.75 Å². The molecule has 0 aliphatic carbocycles. The van der Waals surface area contributed by atoms with Crippen LogP contribution in [-0.2, 0) is 6.42 Å². The molecule has 2 rings (SSSR count). The summed E-state index contributed by atoms with van der Waals surface area (Å²) in [5.41, 5.74) is 2.04. The van der Waals surface area contributed by atoms with Crippen LogP contribution in [0.1, 0.15) is 25.3 Å². The summed E-state index contributed by atoms with van der Waals surface area (Å²) in [7, 11) is 0. The molecule has 0 saturated carbocycles. The largest absolute Gasteiger partial charge is 0.473 e. The Balaban J connectivity index is 1.72. The van der Waals surface area contributed by atoms with Gasteiger partial charge in [0.25, 0.3) is 0 Å². The number of amides is 2. The Morgan fingerprint density at radius 3 is 2.43 bits per heavy atom. The van der Waals surface area contributed by atoms with Crippen LogP contribution in [0.3, 0.4) is 0 Å². The fourth-order valence-corrected chi connectivity index (χ4v) is 2.15. The Bertz CT molecular complexity index is 612. The number of benzene rings is 2. The van der Waals surface area contributed by atoms with Gasteiger partial charge in [-0.1, -0.05) is 37.1 Å². The minimum Gasteiger partial charge on any atom is -0.473 e. The van der Waals surface area contributed by atoms with Gasteiger partial charge in [-0.25, -0.2) is 4.79 Å². The van der Waals surface area contributed by atoms with E-state index in [1.165, 1.54) is 18.4 Å². The Morgan fingerprint density at radius 1 is 1.09 bits per heavy atom. The molecular weight excluding hydrogens is 312 g/mol. The fraction of sp³-hybridized carbons (Fsp3) is 0.278. The van der Waals surface area contributed by atoms with Crippen LogP contribution in [0.15, 0.2) is 48.5 Å². The van der Waals surface area contributed by atoms with E-state index in [0.717, 1.165) is 12.1 Å². The summed E-state index contributed by atoms with van der Waals surface area (Å²) in [5.74, 6) is 0.648. The maximum absolute atomic E-state index is 11.8. The minimum absolute atomic E-state index is 0.0854. The number of hydrogen-bond donors (Lipinski definition) is 2. The number of carbonyl (C=O) groups is 1. The number of rotatable bonds is 7. The number of ether oxygens (including phenoxy) is 1. The van der Waals surface area contributed by atoms with Gasteiger partial charge in [0.15, 0.2) is 6.73 Å². The highest BCUT2D eigenvalue weighted by Crippen LogP contribution is 2.15. The summed E-state index contributed by atoms with van der Waals surface area (Å²) in [6.07, 6.45) is 3.42. The third-order valence-electron chi connectivity index (χ3n) is 3.32. The molecule has 0 heterocycles. The Hall–Kier alpha value is -2.20. The molecule has 23 heavy (non-hydrogen) atoms. The zero-order valence-electron chi connectivity index (χ0n) is 13.1. The van der Waals surface area contributed by atoms with Crippen LogP contribution < -0.4 is 15.4 Å². The molecule has 0 aliphatic heterocycles. The molecule has 4 nitrogen and oxygen atoms in total. The second-order valence-electron chi connectivity index (χ2n) is 5.17. The van der Waals surface area contributed by atoms with Crippen molar-refractivity contribution in [2.24, 2.45) is 0 Å². The number of halogens is 1. The molecule has 0 radical (unpaired) electrons. The van der Waals surface area contributed by atoms with Crippen LogP contribution >= 0.6 is 11.6 Å². The zero-order valence-corrected chi connectivity index (χ0v) is 13.9. The summed E-state index contributed by atoms with van der Waals surface area (Å²) in [6.45, 7) is 2.26. The fourth-order valence-electron chi connectivity index (χ4n) is 2.03. The first-order chi connectivity index (χ1) is 11.2. The molecule has 2 N–H and O–H groups in total. The molecule has 5 heteroatoms. The summed E-state index contributed by atoms with van der Waals surface area (Å²) in [5, 5.41) is 6.05. The van der Waals surface area contributed by atoms with Crippen molar-refractivity contribution < 1.29 is 9.53 Å². The third kappa shape index (κ3) is 6.20. The highest BCUT2D eigenvalue weighted by atomic mass is 35.5. The highest BCUT2D eigenvalue weighted by molar-refractivity contribution is 6.30. The van der Waals surface area contributed by atoms with Crippen molar-refractivity contribution in [2.75, 3.05) is 12.0 Å². The van der Waals surface area contributed by atoms with E-state index in [1.807, 2.05) is 24.3 Å². The molecule has 0 spiro atoms.